The van der Waals surface area contributed by atoms with Crippen LogP contribution in [-0.4, -0.2) is 6.54 Å². The van der Waals surface area contributed by atoms with Crippen LogP contribution in [0.1, 0.15) is 24.2 Å². The van der Waals surface area contributed by atoms with E-state index in [1.165, 1.54) is 5.56 Å². The largest absolute Gasteiger partial charge is 0.327 e. The van der Waals surface area contributed by atoms with Gasteiger partial charge in [-0.15, -0.1) is 0 Å². The van der Waals surface area contributed by atoms with Crippen LogP contribution >= 0.6 is 15.9 Å². The van der Waals surface area contributed by atoms with Gasteiger partial charge in [-0.3, -0.25) is 0 Å². The molecule has 0 aliphatic carbocycles. The van der Waals surface area contributed by atoms with Crippen LogP contribution in [0.4, 0.5) is 4.39 Å². The van der Waals surface area contributed by atoms with Crippen LogP contribution < -0.4 is 5.73 Å². The van der Waals surface area contributed by atoms with Crippen molar-refractivity contribution in [3.05, 3.63) is 33.8 Å². The first-order chi connectivity index (χ1) is 6.19. The van der Waals surface area contributed by atoms with Gasteiger partial charge in [-0.2, -0.15) is 0 Å². The Morgan fingerprint density at radius 1 is 1.54 bits per heavy atom. The smallest absolute Gasteiger partial charge is 0.137 e. The molecule has 0 aliphatic rings. The van der Waals surface area contributed by atoms with Gasteiger partial charge in [0.25, 0.3) is 0 Å². The van der Waals surface area contributed by atoms with Crippen molar-refractivity contribution < 1.29 is 4.39 Å². The average Bonchev–Trinajstić information content (AvgIpc) is 2.16. The molecule has 0 heterocycles. The molecular weight excluding hydrogens is 233 g/mol. The summed E-state index contributed by atoms with van der Waals surface area (Å²) in [5.74, 6) is 0. The highest BCUT2D eigenvalue weighted by atomic mass is 79.9. The van der Waals surface area contributed by atoms with E-state index in [1.54, 1.807) is 12.1 Å². The lowest BCUT2D eigenvalue weighted by atomic mass is 10.1. The Kier molecular flexibility index (Phi) is 3.88. The SMILES string of the molecule is CCc1ccc(C(F)CN)cc1Br. The summed E-state index contributed by atoms with van der Waals surface area (Å²) in [4.78, 5) is 0. The van der Waals surface area contributed by atoms with Gasteiger partial charge in [0.2, 0.25) is 0 Å². The lowest BCUT2D eigenvalue weighted by molar-refractivity contribution is 0.353. The lowest BCUT2D eigenvalue weighted by Gasteiger charge is -2.08. The lowest BCUT2D eigenvalue weighted by Crippen LogP contribution is -2.07. The molecule has 1 rings (SSSR count). The van der Waals surface area contributed by atoms with Gasteiger partial charge in [0, 0.05) is 11.0 Å². The predicted molar refractivity (Wildman–Crippen MR) is 56.4 cm³/mol. The number of rotatable bonds is 3. The molecule has 1 atom stereocenters. The third-order valence-electron chi connectivity index (χ3n) is 2.03. The highest BCUT2D eigenvalue weighted by molar-refractivity contribution is 9.10. The first-order valence-corrected chi connectivity index (χ1v) is 5.10. The van der Waals surface area contributed by atoms with Gasteiger partial charge in [0.1, 0.15) is 6.17 Å². The fourth-order valence-electron chi connectivity index (χ4n) is 1.18. The number of nitrogens with two attached hydrogens (primary N) is 1. The van der Waals surface area contributed by atoms with Crippen molar-refractivity contribution in [3.63, 3.8) is 0 Å². The summed E-state index contributed by atoms with van der Waals surface area (Å²) in [7, 11) is 0. The van der Waals surface area contributed by atoms with Crippen LogP contribution in [-0.2, 0) is 6.42 Å². The average molecular weight is 246 g/mol. The van der Waals surface area contributed by atoms with Crippen molar-refractivity contribution in [1.29, 1.82) is 0 Å². The molecule has 0 radical (unpaired) electrons. The zero-order chi connectivity index (χ0) is 9.84. The first-order valence-electron chi connectivity index (χ1n) is 4.31. The molecule has 0 bridgehead atoms. The Labute approximate surface area is 86.3 Å². The normalized spacial score (nSPS) is 12.9. The Balaban J connectivity index is 2.95. The summed E-state index contributed by atoms with van der Waals surface area (Å²) in [6, 6.07) is 5.53. The van der Waals surface area contributed by atoms with Crippen LogP contribution in [0.2, 0.25) is 0 Å². The van der Waals surface area contributed by atoms with E-state index >= 15 is 0 Å². The molecule has 13 heavy (non-hydrogen) atoms. The Bertz CT molecular complexity index is 288. The van der Waals surface area contributed by atoms with Crippen LogP contribution in [0.15, 0.2) is 22.7 Å². The molecule has 1 nitrogen and oxygen atoms in total. The van der Waals surface area contributed by atoms with E-state index in [9.17, 15) is 4.39 Å². The standard InChI is InChI=1S/C10H13BrFN/c1-2-7-3-4-8(5-9(7)11)10(12)6-13/h3-5,10H,2,6,13H2,1H3. The molecule has 0 saturated carbocycles. The maximum absolute atomic E-state index is 13.1. The van der Waals surface area contributed by atoms with Gasteiger partial charge in [-0.25, -0.2) is 4.39 Å². The first kappa shape index (κ1) is 10.7. The second-order valence-electron chi connectivity index (χ2n) is 2.91. The van der Waals surface area contributed by atoms with Crippen molar-refractivity contribution >= 4 is 15.9 Å². The summed E-state index contributed by atoms with van der Waals surface area (Å²) in [6.07, 6.45) is -0.109. The van der Waals surface area contributed by atoms with Crippen molar-refractivity contribution in [1.82, 2.24) is 0 Å². The van der Waals surface area contributed by atoms with Gasteiger partial charge in [-0.05, 0) is 23.6 Å². The van der Waals surface area contributed by atoms with Crippen molar-refractivity contribution in [3.8, 4) is 0 Å². The Morgan fingerprint density at radius 2 is 2.23 bits per heavy atom. The zero-order valence-corrected chi connectivity index (χ0v) is 9.14. The van der Waals surface area contributed by atoms with Gasteiger partial charge in [-0.1, -0.05) is 35.0 Å². The van der Waals surface area contributed by atoms with Crippen LogP contribution in [0.5, 0.6) is 0 Å². The molecule has 2 N–H and O–H groups in total. The quantitative estimate of drug-likeness (QED) is 0.871. The molecule has 0 aromatic heterocycles. The fraction of sp³-hybridized carbons (Fsp3) is 0.400. The molecule has 1 aromatic rings. The molecular formula is C10H13BrFN. The second-order valence-corrected chi connectivity index (χ2v) is 3.76. The molecule has 0 fully saturated rings. The highest BCUT2D eigenvalue weighted by Crippen LogP contribution is 2.24. The molecule has 1 unspecified atom stereocenters. The summed E-state index contributed by atoms with van der Waals surface area (Å²) in [5.41, 5.74) is 7.07. The number of benzene rings is 1. The summed E-state index contributed by atoms with van der Waals surface area (Å²) in [5, 5.41) is 0. The van der Waals surface area contributed by atoms with E-state index in [0.717, 1.165) is 10.9 Å². The minimum atomic E-state index is -1.05. The number of aryl methyl sites for hydroxylation is 1. The van der Waals surface area contributed by atoms with Crippen LogP contribution in [0.25, 0.3) is 0 Å². The van der Waals surface area contributed by atoms with Gasteiger partial charge < -0.3 is 5.73 Å². The zero-order valence-electron chi connectivity index (χ0n) is 7.56. The van der Waals surface area contributed by atoms with Gasteiger partial charge in [0.05, 0.1) is 0 Å². The van der Waals surface area contributed by atoms with Gasteiger partial charge >= 0.3 is 0 Å². The number of hydrogen-bond donors (Lipinski definition) is 1. The molecule has 0 saturated heterocycles. The molecule has 0 aliphatic heterocycles. The monoisotopic (exact) mass is 245 g/mol. The van der Waals surface area contributed by atoms with E-state index in [4.69, 9.17) is 5.73 Å². The fourth-order valence-corrected chi connectivity index (χ4v) is 1.86. The Morgan fingerprint density at radius 3 is 2.69 bits per heavy atom. The molecule has 72 valence electrons. The van der Waals surface area contributed by atoms with Crippen molar-refractivity contribution in [2.24, 2.45) is 5.73 Å². The molecule has 3 heteroatoms. The van der Waals surface area contributed by atoms with Crippen LogP contribution in [0.3, 0.4) is 0 Å². The predicted octanol–water partition coefficient (Wildman–Crippen LogP) is 2.98. The molecule has 1 aromatic carbocycles. The number of alkyl halides is 1. The van der Waals surface area contributed by atoms with E-state index in [-0.39, 0.29) is 6.54 Å². The van der Waals surface area contributed by atoms with Gasteiger partial charge in [0.15, 0.2) is 0 Å². The number of halogens is 2. The third-order valence-corrected chi connectivity index (χ3v) is 2.76. The number of hydrogen-bond acceptors (Lipinski definition) is 1. The van der Waals surface area contributed by atoms with E-state index < -0.39 is 6.17 Å². The van der Waals surface area contributed by atoms with Crippen molar-refractivity contribution in [2.75, 3.05) is 6.54 Å². The van der Waals surface area contributed by atoms with E-state index in [1.807, 2.05) is 6.07 Å². The van der Waals surface area contributed by atoms with Crippen LogP contribution in [0, 0.1) is 0 Å². The topological polar surface area (TPSA) is 26.0 Å². The van der Waals surface area contributed by atoms with E-state index in [0.29, 0.717) is 5.56 Å². The summed E-state index contributed by atoms with van der Waals surface area (Å²) >= 11 is 3.40. The maximum Gasteiger partial charge on any atom is 0.137 e. The molecule has 0 amide bonds. The minimum Gasteiger partial charge on any atom is -0.327 e. The molecule has 0 spiro atoms. The Hall–Kier alpha value is -0.410. The third kappa shape index (κ3) is 2.51. The maximum atomic E-state index is 13.1. The summed E-state index contributed by atoms with van der Waals surface area (Å²) in [6.45, 7) is 2.10. The van der Waals surface area contributed by atoms with Crippen molar-refractivity contribution in [2.45, 2.75) is 19.5 Å². The second kappa shape index (κ2) is 4.72. The minimum absolute atomic E-state index is 0.0396. The summed E-state index contributed by atoms with van der Waals surface area (Å²) < 4.78 is 14.1. The van der Waals surface area contributed by atoms with E-state index in [2.05, 4.69) is 22.9 Å². The highest BCUT2D eigenvalue weighted by Gasteiger charge is 2.08.